The third kappa shape index (κ3) is 4.31. The molecule has 0 aromatic heterocycles. The summed E-state index contributed by atoms with van der Waals surface area (Å²) in [4.78, 5) is 35.0. The average molecular weight is 304 g/mol. The normalized spacial score (nSPS) is 13.1. The minimum absolute atomic E-state index is 0.0175. The Morgan fingerprint density at radius 1 is 1.32 bits per heavy atom. The summed E-state index contributed by atoms with van der Waals surface area (Å²) in [6.45, 7) is 4.61. The number of amides is 2. The molecule has 0 radical (unpaired) electrons. The van der Waals surface area contributed by atoms with Crippen molar-refractivity contribution in [2.75, 3.05) is 18.5 Å². The van der Waals surface area contributed by atoms with Crippen LogP contribution in [0.5, 0.6) is 5.75 Å². The molecule has 0 atom stereocenters. The van der Waals surface area contributed by atoms with Gasteiger partial charge in [-0.15, -0.1) is 0 Å². The number of anilines is 1. The molecule has 0 spiro atoms. The van der Waals surface area contributed by atoms with E-state index in [2.05, 4.69) is 10.6 Å². The molecule has 1 aromatic carbocycles. The van der Waals surface area contributed by atoms with Crippen LogP contribution in [0.4, 0.5) is 5.69 Å². The highest BCUT2D eigenvalue weighted by Gasteiger charge is 2.18. The van der Waals surface area contributed by atoms with E-state index in [1.807, 2.05) is 13.8 Å². The number of rotatable bonds is 6. The number of carbonyl (C=O) groups is 3. The van der Waals surface area contributed by atoms with Crippen molar-refractivity contribution < 1.29 is 19.1 Å². The molecule has 1 aliphatic heterocycles. The standard InChI is InChI=1S/C16H20N2O4/c1-10(2)8-17-15(20)6-4-13(19)11-3-5-14-12(7-11)18-16(21)9-22-14/h3,5,7,10H,4,6,8-9H2,1-2H3,(H,17,20)(H,18,21). The van der Waals surface area contributed by atoms with Crippen molar-refractivity contribution >= 4 is 23.3 Å². The van der Waals surface area contributed by atoms with Crippen molar-refractivity contribution in [3.8, 4) is 5.75 Å². The lowest BCUT2D eigenvalue weighted by Crippen LogP contribution is -2.27. The van der Waals surface area contributed by atoms with Crippen LogP contribution in [0.15, 0.2) is 18.2 Å². The molecule has 0 saturated carbocycles. The highest BCUT2D eigenvalue weighted by Crippen LogP contribution is 2.28. The number of Topliss-reactive ketones (excluding diaryl/α,β-unsaturated/α-hetero) is 1. The van der Waals surface area contributed by atoms with Crippen LogP contribution in [0.25, 0.3) is 0 Å². The molecule has 0 aliphatic carbocycles. The van der Waals surface area contributed by atoms with Gasteiger partial charge in [-0.05, 0) is 24.1 Å². The van der Waals surface area contributed by atoms with Crippen LogP contribution in [-0.2, 0) is 9.59 Å². The van der Waals surface area contributed by atoms with Gasteiger partial charge in [0.25, 0.3) is 5.91 Å². The van der Waals surface area contributed by atoms with Crippen LogP contribution in [0.1, 0.15) is 37.0 Å². The lowest BCUT2D eigenvalue weighted by Gasteiger charge is -2.18. The third-order valence-corrected chi connectivity index (χ3v) is 3.22. The van der Waals surface area contributed by atoms with E-state index in [9.17, 15) is 14.4 Å². The molecule has 0 fully saturated rings. The predicted octanol–water partition coefficient (Wildman–Crippen LogP) is 1.75. The Kier molecular flexibility index (Phi) is 5.14. The number of ether oxygens (including phenoxy) is 1. The predicted molar refractivity (Wildman–Crippen MR) is 82.0 cm³/mol. The van der Waals surface area contributed by atoms with Gasteiger partial charge in [-0.3, -0.25) is 14.4 Å². The van der Waals surface area contributed by atoms with Crippen LogP contribution < -0.4 is 15.4 Å². The number of fused-ring (bicyclic) bond motifs is 1. The molecule has 2 N–H and O–H groups in total. The van der Waals surface area contributed by atoms with Gasteiger partial charge in [0, 0.05) is 24.9 Å². The van der Waals surface area contributed by atoms with Crippen molar-refractivity contribution in [3.05, 3.63) is 23.8 Å². The summed E-state index contributed by atoms with van der Waals surface area (Å²) in [5, 5.41) is 5.43. The maximum atomic E-state index is 12.1. The zero-order valence-corrected chi connectivity index (χ0v) is 12.8. The van der Waals surface area contributed by atoms with Gasteiger partial charge in [0.15, 0.2) is 12.4 Å². The van der Waals surface area contributed by atoms with Gasteiger partial charge in [0.1, 0.15) is 5.75 Å². The number of ketones is 1. The fourth-order valence-electron chi connectivity index (χ4n) is 2.03. The molecule has 0 unspecified atom stereocenters. The van der Waals surface area contributed by atoms with Gasteiger partial charge in [0.2, 0.25) is 5.91 Å². The minimum atomic E-state index is -0.245. The number of hydrogen-bond donors (Lipinski definition) is 2. The summed E-state index contributed by atoms with van der Waals surface area (Å²) in [5.74, 6) is 0.416. The van der Waals surface area contributed by atoms with E-state index in [-0.39, 0.29) is 37.0 Å². The van der Waals surface area contributed by atoms with Gasteiger partial charge in [-0.25, -0.2) is 0 Å². The molecule has 6 nitrogen and oxygen atoms in total. The van der Waals surface area contributed by atoms with Crippen LogP contribution in [0.2, 0.25) is 0 Å². The molecule has 1 aliphatic rings. The second-order valence-electron chi connectivity index (χ2n) is 5.67. The van der Waals surface area contributed by atoms with Crippen molar-refractivity contribution in [2.24, 2.45) is 5.92 Å². The monoisotopic (exact) mass is 304 g/mol. The number of benzene rings is 1. The summed E-state index contributed by atoms with van der Waals surface area (Å²) >= 11 is 0. The third-order valence-electron chi connectivity index (χ3n) is 3.22. The largest absolute Gasteiger partial charge is 0.482 e. The molecule has 1 aromatic rings. The Bertz CT molecular complexity index is 596. The molecule has 118 valence electrons. The van der Waals surface area contributed by atoms with Gasteiger partial charge in [-0.2, -0.15) is 0 Å². The second kappa shape index (κ2) is 7.06. The molecule has 22 heavy (non-hydrogen) atoms. The van der Waals surface area contributed by atoms with E-state index in [4.69, 9.17) is 4.74 Å². The van der Waals surface area contributed by atoms with E-state index in [0.717, 1.165) is 0 Å². The van der Waals surface area contributed by atoms with Crippen LogP contribution >= 0.6 is 0 Å². The number of hydrogen-bond acceptors (Lipinski definition) is 4. The fraction of sp³-hybridized carbons (Fsp3) is 0.438. The molecular formula is C16H20N2O4. The van der Waals surface area contributed by atoms with Crippen LogP contribution in [-0.4, -0.2) is 30.7 Å². The highest BCUT2D eigenvalue weighted by molar-refractivity contribution is 6.01. The van der Waals surface area contributed by atoms with E-state index < -0.39 is 0 Å². The maximum Gasteiger partial charge on any atom is 0.262 e. The Labute approximate surface area is 129 Å². The Balaban J connectivity index is 1.91. The summed E-state index contributed by atoms with van der Waals surface area (Å²) in [7, 11) is 0. The first-order valence-corrected chi connectivity index (χ1v) is 7.32. The number of nitrogens with one attached hydrogen (secondary N) is 2. The maximum absolute atomic E-state index is 12.1. The second-order valence-corrected chi connectivity index (χ2v) is 5.67. The molecule has 1 heterocycles. The molecular weight excluding hydrogens is 284 g/mol. The highest BCUT2D eigenvalue weighted by atomic mass is 16.5. The first-order chi connectivity index (χ1) is 10.5. The number of carbonyl (C=O) groups excluding carboxylic acids is 3. The SMILES string of the molecule is CC(C)CNC(=O)CCC(=O)c1ccc2c(c1)NC(=O)CO2. The summed E-state index contributed by atoms with van der Waals surface area (Å²) in [5.41, 5.74) is 0.951. The van der Waals surface area contributed by atoms with E-state index >= 15 is 0 Å². The lowest BCUT2D eigenvalue weighted by molar-refractivity contribution is -0.121. The zero-order chi connectivity index (χ0) is 16.1. The van der Waals surface area contributed by atoms with Gasteiger partial charge in [-0.1, -0.05) is 13.8 Å². The van der Waals surface area contributed by atoms with Gasteiger partial charge >= 0.3 is 0 Å². The van der Waals surface area contributed by atoms with E-state index in [0.29, 0.717) is 29.5 Å². The minimum Gasteiger partial charge on any atom is -0.482 e. The van der Waals surface area contributed by atoms with Crippen molar-refractivity contribution in [2.45, 2.75) is 26.7 Å². The molecule has 0 saturated heterocycles. The Morgan fingerprint density at radius 3 is 2.82 bits per heavy atom. The summed E-state index contributed by atoms with van der Waals surface area (Å²) in [6.07, 6.45) is 0.295. The smallest absolute Gasteiger partial charge is 0.262 e. The Morgan fingerprint density at radius 2 is 2.09 bits per heavy atom. The fourth-order valence-corrected chi connectivity index (χ4v) is 2.03. The Hall–Kier alpha value is -2.37. The van der Waals surface area contributed by atoms with Gasteiger partial charge < -0.3 is 15.4 Å². The van der Waals surface area contributed by atoms with Crippen LogP contribution in [0, 0.1) is 5.92 Å². The first kappa shape index (κ1) is 16.0. The molecule has 2 rings (SSSR count). The summed E-state index contributed by atoms with van der Waals surface area (Å²) < 4.78 is 5.24. The van der Waals surface area contributed by atoms with Crippen molar-refractivity contribution in [1.82, 2.24) is 5.32 Å². The molecule has 2 amide bonds. The van der Waals surface area contributed by atoms with Crippen molar-refractivity contribution in [1.29, 1.82) is 0 Å². The lowest BCUT2D eigenvalue weighted by atomic mass is 10.0. The van der Waals surface area contributed by atoms with Crippen LogP contribution in [0.3, 0.4) is 0 Å². The quantitative estimate of drug-likeness (QED) is 0.784. The first-order valence-electron chi connectivity index (χ1n) is 7.32. The average Bonchev–Trinajstić information content (AvgIpc) is 2.49. The van der Waals surface area contributed by atoms with Gasteiger partial charge in [0.05, 0.1) is 5.69 Å². The summed E-state index contributed by atoms with van der Waals surface area (Å²) in [6, 6.07) is 4.88. The van der Waals surface area contributed by atoms with E-state index in [1.54, 1.807) is 18.2 Å². The topological polar surface area (TPSA) is 84.5 Å². The zero-order valence-electron chi connectivity index (χ0n) is 12.8. The molecule has 0 bridgehead atoms. The molecule has 6 heteroatoms. The van der Waals surface area contributed by atoms with E-state index in [1.165, 1.54) is 0 Å². The van der Waals surface area contributed by atoms with Crippen molar-refractivity contribution in [3.63, 3.8) is 0 Å².